The summed E-state index contributed by atoms with van der Waals surface area (Å²) >= 11 is 11.8. The van der Waals surface area contributed by atoms with E-state index in [1.165, 1.54) is 18.2 Å². The van der Waals surface area contributed by atoms with Gasteiger partial charge in [0.1, 0.15) is 22.2 Å². The van der Waals surface area contributed by atoms with E-state index in [2.05, 4.69) is 9.68 Å². The average molecular weight is 455 g/mol. The Morgan fingerprint density at radius 1 is 1.00 bits per heavy atom. The first kappa shape index (κ1) is 20.6. The summed E-state index contributed by atoms with van der Waals surface area (Å²) in [4.78, 5) is -1.13. The predicted octanol–water partition coefficient (Wildman–Crippen LogP) is 5.18. The van der Waals surface area contributed by atoms with Crippen LogP contribution in [0.3, 0.4) is 0 Å². The largest absolute Gasteiger partial charge is 0.354 e. The number of aromatic nitrogens is 1. The lowest BCUT2D eigenvalue weighted by Gasteiger charge is -2.09. The van der Waals surface area contributed by atoms with Crippen molar-refractivity contribution >= 4 is 33.2 Å². The Hall–Kier alpha value is -2.14. The molecule has 0 amide bonds. The molecule has 0 aliphatic rings. The summed E-state index contributed by atoms with van der Waals surface area (Å²) in [6.45, 7) is 0. The summed E-state index contributed by atoms with van der Waals surface area (Å²) in [5.74, 6) is -3.81. The molecule has 0 atom stereocenters. The van der Waals surface area contributed by atoms with Gasteiger partial charge in [-0.2, -0.15) is 0 Å². The molecule has 0 spiro atoms. The van der Waals surface area contributed by atoms with Gasteiger partial charge in [-0.1, -0.05) is 28.4 Å². The highest BCUT2D eigenvalue weighted by atomic mass is 35.5. The quantitative estimate of drug-likeness (QED) is 0.550. The Balaban J connectivity index is 2.33. The second-order valence-corrected chi connectivity index (χ2v) is 7.94. The third-order valence-corrected chi connectivity index (χ3v) is 5.01. The molecule has 5 nitrogen and oxygen atoms in total. The maximum Gasteiger partial charge on any atom is 0.298 e. The Bertz CT molecular complexity index is 1160. The van der Waals surface area contributed by atoms with Crippen LogP contribution < -0.4 is 5.14 Å². The fraction of sp³-hybridized carbons (Fsp3) is 0.0625. The third-order valence-electron chi connectivity index (χ3n) is 3.65. The average Bonchev–Trinajstić information content (AvgIpc) is 2.99. The van der Waals surface area contributed by atoms with Crippen LogP contribution in [0.1, 0.15) is 12.2 Å². The molecule has 12 heteroatoms. The van der Waals surface area contributed by atoms with Gasteiger partial charge in [0.25, 0.3) is 6.43 Å². The Labute approximate surface area is 165 Å². The smallest absolute Gasteiger partial charge is 0.298 e. The molecule has 148 valence electrons. The molecule has 2 aromatic carbocycles. The van der Waals surface area contributed by atoms with E-state index in [0.717, 1.165) is 0 Å². The molecule has 0 unspecified atom stereocenters. The van der Waals surface area contributed by atoms with Crippen LogP contribution in [0.15, 0.2) is 39.8 Å². The summed E-state index contributed by atoms with van der Waals surface area (Å²) < 4.78 is 82.8. The number of alkyl halides is 2. The fourth-order valence-electron chi connectivity index (χ4n) is 2.54. The summed E-state index contributed by atoms with van der Waals surface area (Å²) in [6, 6.07) is 4.68. The zero-order chi connectivity index (χ0) is 20.8. The van der Waals surface area contributed by atoms with Gasteiger partial charge in [0.05, 0.1) is 5.56 Å². The first-order chi connectivity index (χ1) is 13.0. The normalized spacial score (nSPS) is 12.0. The molecular formula is C16H8Cl2F4N2O3S. The van der Waals surface area contributed by atoms with Gasteiger partial charge < -0.3 is 4.52 Å². The predicted molar refractivity (Wildman–Crippen MR) is 93.6 cm³/mol. The second kappa shape index (κ2) is 7.36. The Morgan fingerprint density at radius 2 is 1.61 bits per heavy atom. The van der Waals surface area contributed by atoms with Crippen molar-refractivity contribution < 1.29 is 30.5 Å². The second-order valence-electron chi connectivity index (χ2n) is 5.54. The molecule has 2 N–H and O–H groups in total. The van der Waals surface area contributed by atoms with Crippen LogP contribution in [-0.4, -0.2) is 13.6 Å². The van der Waals surface area contributed by atoms with Crippen LogP contribution in [0, 0.1) is 11.6 Å². The van der Waals surface area contributed by atoms with Crippen molar-refractivity contribution in [2.45, 2.75) is 11.3 Å². The van der Waals surface area contributed by atoms with E-state index < -0.39 is 49.9 Å². The Kier molecular flexibility index (Phi) is 5.41. The summed E-state index contributed by atoms with van der Waals surface area (Å²) in [7, 11) is -4.58. The summed E-state index contributed by atoms with van der Waals surface area (Å²) in [6.07, 6.45) is -3.23. The minimum absolute atomic E-state index is 0.0958. The topological polar surface area (TPSA) is 86.2 Å². The standard InChI is InChI=1S/C16H8Cl2F4N2O3S/c17-7-1-6(2-8(18)3-7)14-13(15(16(21)22)27-24-14)9-4-11(20)12(5-10(9)19)28(23,25)26/h1-5,16H,(H2,23,25,26). The van der Waals surface area contributed by atoms with E-state index in [9.17, 15) is 26.0 Å². The number of hydrogen-bond acceptors (Lipinski definition) is 4. The van der Waals surface area contributed by atoms with Crippen LogP contribution in [0.5, 0.6) is 0 Å². The zero-order valence-corrected chi connectivity index (χ0v) is 15.7. The number of nitrogens with two attached hydrogens (primary N) is 1. The lowest BCUT2D eigenvalue weighted by molar-refractivity contribution is 0.113. The van der Waals surface area contributed by atoms with Crippen molar-refractivity contribution in [2.24, 2.45) is 5.14 Å². The number of rotatable bonds is 4. The highest BCUT2D eigenvalue weighted by Gasteiger charge is 2.29. The van der Waals surface area contributed by atoms with Crippen LogP contribution in [0.4, 0.5) is 17.6 Å². The molecule has 28 heavy (non-hydrogen) atoms. The van der Waals surface area contributed by atoms with Crippen molar-refractivity contribution in [1.82, 2.24) is 5.16 Å². The van der Waals surface area contributed by atoms with Gasteiger partial charge in [-0.25, -0.2) is 31.1 Å². The molecule has 1 aromatic heterocycles. The lowest BCUT2D eigenvalue weighted by atomic mass is 9.98. The lowest BCUT2D eigenvalue weighted by Crippen LogP contribution is -2.14. The first-order valence-corrected chi connectivity index (χ1v) is 9.55. The minimum atomic E-state index is -4.58. The third kappa shape index (κ3) is 3.86. The van der Waals surface area contributed by atoms with Gasteiger partial charge in [-0.15, -0.1) is 0 Å². The van der Waals surface area contributed by atoms with Crippen LogP contribution in [-0.2, 0) is 10.0 Å². The van der Waals surface area contributed by atoms with E-state index in [1.54, 1.807) is 0 Å². The monoisotopic (exact) mass is 454 g/mol. The summed E-state index contributed by atoms with van der Waals surface area (Å²) in [5, 5.41) is 8.58. The maximum atomic E-state index is 14.6. The van der Waals surface area contributed by atoms with Gasteiger partial charge in [-0.05, 0) is 30.3 Å². The van der Waals surface area contributed by atoms with Crippen molar-refractivity contribution in [1.29, 1.82) is 0 Å². The molecule has 0 aliphatic carbocycles. The van der Waals surface area contributed by atoms with Gasteiger partial charge >= 0.3 is 0 Å². The van der Waals surface area contributed by atoms with Crippen LogP contribution in [0.25, 0.3) is 22.4 Å². The Morgan fingerprint density at radius 3 is 2.14 bits per heavy atom. The van der Waals surface area contributed by atoms with Crippen LogP contribution >= 0.6 is 23.2 Å². The number of nitrogens with zero attached hydrogens (tertiary/aromatic N) is 1. The molecular weight excluding hydrogens is 447 g/mol. The van der Waals surface area contributed by atoms with E-state index >= 15 is 0 Å². The number of benzene rings is 2. The molecule has 0 saturated carbocycles. The molecule has 0 saturated heterocycles. The van der Waals surface area contributed by atoms with Gasteiger partial charge in [0, 0.05) is 21.2 Å². The molecule has 3 aromatic rings. The molecule has 3 rings (SSSR count). The summed E-state index contributed by atoms with van der Waals surface area (Å²) in [5.41, 5.74) is -1.47. The molecule has 0 aliphatic heterocycles. The minimum Gasteiger partial charge on any atom is -0.354 e. The number of hydrogen-bond donors (Lipinski definition) is 1. The number of primary sulfonamides is 1. The zero-order valence-electron chi connectivity index (χ0n) is 13.4. The highest BCUT2D eigenvalue weighted by molar-refractivity contribution is 7.89. The van der Waals surface area contributed by atoms with Gasteiger partial charge in [0.2, 0.25) is 15.8 Å². The highest BCUT2D eigenvalue weighted by Crippen LogP contribution is 2.42. The van der Waals surface area contributed by atoms with Crippen molar-refractivity contribution in [3.8, 4) is 22.4 Å². The van der Waals surface area contributed by atoms with E-state index in [4.69, 9.17) is 28.3 Å². The molecule has 1 heterocycles. The molecule has 0 bridgehead atoms. The van der Waals surface area contributed by atoms with Gasteiger partial charge in [-0.3, -0.25) is 0 Å². The van der Waals surface area contributed by atoms with Crippen LogP contribution in [0.2, 0.25) is 10.0 Å². The van der Waals surface area contributed by atoms with Crippen molar-refractivity contribution in [3.63, 3.8) is 0 Å². The number of sulfonamides is 1. The van der Waals surface area contributed by atoms with Crippen molar-refractivity contribution in [3.05, 3.63) is 57.8 Å². The first-order valence-electron chi connectivity index (χ1n) is 7.25. The maximum absolute atomic E-state index is 14.6. The fourth-order valence-corrected chi connectivity index (χ4v) is 3.66. The molecule has 0 radical (unpaired) electrons. The number of halogens is 6. The van der Waals surface area contributed by atoms with Crippen molar-refractivity contribution in [2.75, 3.05) is 0 Å². The SMILES string of the molecule is NS(=O)(=O)c1cc(F)c(-c2c(-c3cc(Cl)cc(Cl)c3)noc2C(F)F)cc1F. The molecule has 0 fully saturated rings. The van der Waals surface area contributed by atoms with Gasteiger partial charge in [0.15, 0.2) is 0 Å². The van der Waals surface area contributed by atoms with E-state index in [1.807, 2.05) is 0 Å². The van der Waals surface area contributed by atoms with E-state index in [0.29, 0.717) is 6.07 Å². The van der Waals surface area contributed by atoms with E-state index in [-0.39, 0.29) is 27.4 Å².